The normalized spacial score (nSPS) is 12.4. The van der Waals surface area contributed by atoms with Crippen LogP contribution < -0.4 is 11.1 Å². The maximum Gasteiger partial charge on any atom is 0.407 e. The minimum absolute atomic E-state index is 0.00965. The van der Waals surface area contributed by atoms with Crippen LogP contribution >= 0.6 is 0 Å². The number of amides is 1. The Balaban J connectivity index is 1.33. The SMILES string of the molecule is Nc1cc(C=CCNC(=O)OCC2c3ccccc3-c3ccccc32)cc(C(=O)O)c1. The van der Waals surface area contributed by atoms with Crippen molar-refractivity contribution in [2.45, 2.75) is 5.92 Å². The van der Waals surface area contributed by atoms with Crippen LogP contribution in [-0.2, 0) is 4.74 Å². The van der Waals surface area contributed by atoms with E-state index in [1.54, 1.807) is 18.2 Å². The molecule has 0 unspecified atom stereocenters. The summed E-state index contributed by atoms with van der Waals surface area (Å²) in [5, 5.41) is 11.8. The van der Waals surface area contributed by atoms with Crippen molar-refractivity contribution in [1.29, 1.82) is 0 Å². The third-order valence-electron chi connectivity index (χ3n) is 5.24. The summed E-state index contributed by atoms with van der Waals surface area (Å²) in [6.45, 7) is 0.495. The maximum absolute atomic E-state index is 12.2. The topological polar surface area (TPSA) is 102 Å². The van der Waals surface area contributed by atoms with Gasteiger partial charge in [-0.15, -0.1) is 0 Å². The van der Waals surface area contributed by atoms with Gasteiger partial charge in [0.15, 0.2) is 0 Å². The number of anilines is 1. The monoisotopic (exact) mass is 414 g/mol. The molecule has 0 aliphatic heterocycles. The van der Waals surface area contributed by atoms with Crippen LogP contribution in [-0.4, -0.2) is 30.3 Å². The Labute approximate surface area is 180 Å². The van der Waals surface area contributed by atoms with Crippen LogP contribution in [0.15, 0.2) is 72.8 Å². The molecule has 1 aliphatic carbocycles. The fourth-order valence-corrected chi connectivity index (χ4v) is 3.88. The Morgan fingerprint density at radius 3 is 2.29 bits per heavy atom. The molecular weight excluding hydrogens is 392 g/mol. The predicted molar refractivity (Wildman–Crippen MR) is 120 cm³/mol. The van der Waals surface area contributed by atoms with E-state index in [9.17, 15) is 9.59 Å². The van der Waals surface area contributed by atoms with Gasteiger partial charge >= 0.3 is 12.1 Å². The number of fused-ring (bicyclic) bond motifs is 3. The van der Waals surface area contributed by atoms with Gasteiger partial charge in [0.2, 0.25) is 0 Å². The zero-order chi connectivity index (χ0) is 21.8. The van der Waals surface area contributed by atoms with Crippen molar-refractivity contribution >= 4 is 23.8 Å². The Bertz CT molecular complexity index is 1120. The lowest BCUT2D eigenvalue weighted by atomic mass is 9.98. The van der Waals surface area contributed by atoms with Crippen LogP contribution in [0.5, 0.6) is 0 Å². The van der Waals surface area contributed by atoms with Gasteiger partial charge in [-0.3, -0.25) is 0 Å². The molecule has 0 heterocycles. The molecular formula is C25H22N2O4. The van der Waals surface area contributed by atoms with Crippen molar-refractivity contribution in [2.24, 2.45) is 0 Å². The van der Waals surface area contributed by atoms with Gasteiger partial charge in [-0.1, -0.05) is 60.7 Å². The van der Waals surface area contributed by atoms with E-state index < -0.39 is 12.1 Å². The zero-order valence-electron chi connectivity index (χ0n) is 16.7. The van der Waals surface area contributed by atoms with Gasteiger partial charge in [0.05, 0.1) is 5.56 Å². The van der Waals surface area contributed by atoms with E-state index in [0.717, 1.165) is 11.1 Å². The van der Waals surface area contributed by atoms with Crippen LogP contribution in [0.25, 0.3) is 17.2 Å². The molecule has 0 saturated heterocycles. The van der Waals surface area contributed by atoms with E-state index in [0.29, 0.717) is 11.3 Å². The third-order valence-corrected chi connectivity index (χ3v) is 5.24. The smallest absolute Gasteiger partial charge is 0.407 e. The lowest BCUT2D eigenvalue weighted by Gasteiger charge is -2.14. The number of carboxylic acid groups (broad SMARTS) is 1. The number of nitrogen functional groups attached to an aromatic ring is 1. The highest BCUT2D eigenvalue weighted by molar-refractivity contribution is 5.89. The fourth-order valence-electron chi connectivity index (χ4n) is 3.88. The number of aromatic carboxylic acids is 1. The second kappa shape index (κ2) is 8.75. The van der Waals surface area contributed by atoms with Gasteiger partial charge in [-0.25, -0.2) is 9.59 Å². The third kappa shape index (κ3) is 4.43. The highest BCUT2D eigenvalue weighted by Gasteiger charge is 2.28. The van der Waals surface area contributed by atoms with Crippen molar-refractivity contribution in [1.82, 2.24) is 5.32 Å². The first kappa shape index (κ1) is 20.2. The molecule has 0 atom stereocenters. The van der Waals surface area contributed by atoms with Gasteiger partial charge in [0, 0.05) is 18.2 Å². The first-order chi connectivity index (χ1) is 15.0. The van der Waals surface area contributed by atoms with Gasteiger partial charge in [0.25, 0.3) is 0 Å². The summed E-state index contributed by atoms with van der Waals surface area (Å²) in [6.07, 6.45) is 2.90. The van der Waals surface area contributed by atoms with Crippen molar-refractivity contribution in [3.05, 3.63) is 95.1 Å². The lowest BCUT2D eigenvalue weighted by Crippen LogP contribution is -2.26. The molecule has 1 aliphatic rings. The average Bonchev–Trinajstić information content (AvgIpc) is 3.09. The van der Waals surface area contributed by atoms with E-state index in [4.69, 9.17) is 15.6 Å². The summed E-state index contributed by atoms with van der Waals surface area (Å²) in [7, 11) is 0. The first-order valence-corrected chi connectivity index (χ1v) is 9.92. The van der Waals surface area contributed by atoms with Crippen LogP contribution in [0.4, 0.5) is 10.5 Å². The number of ether oxygens (including phenoxy) is 1. The van der Waals surface area contributed by atoms with E-state index in [1.807, 2.05) is 24.3 Å². The number of alkyl carbamates (subject to hydrolysis) is 1. The molecule has 31 heavy (non-hydrogen) atoms. The summed E-state index contributed by atoms with van der Waals surface area (Å²) in [5.74, 6) is -1.03. The summed E-state index contributed by atoms with van der Waals surface area (Å²) >= 11 is 0. The maximum atomic E-state index is 12.2. The van der Waals surface area contributed by atoms with Crippen LogP contribution in [0.2, 0.25) is 0 Å². The zero-order valence-corrected chi connectivity index (χ0v) is 16.7. The largest absolute Gasteiger partial charge is 0.478 e. The molecule has 0 fully saturated rings. The molecule has 0 radical (unpaired) electrons. The number of rotatable bonds is 6. The van der Waals surface area contributed by atoms with Crippen molar-refractivity contribution < 1.29 is 19.4 Å². The highest BCUT2D eigenvalue weighted by Crippen LogP contribution is 2.44. The van der Waals surface area contributed by atoms with Crippen LogP contribution in [0.1, 0.15) is 33.0 Å². The Morgan fingerprint density at radius 2 is 1.65 bits per heavy atom. The molecule has 156 valence electrons. The molecule has 1 amide bonds. The van der Waals surface area contributed by atoms with Gasteiger partial charge in [-0.05, 0) is 46.0 Å². The quantitative estimate of drug-likeness (QED) is 0.515. The number of benzene rings is 3. The van der Waals surface area contributed by atoms with Gasteiger partial charge in [0.1, 0.15) is 6.61 Å². The second-order valence-corrected chi connectivity index (χ2v) is 7.30. The number of carboxylic acids is 1. The molecule has 3 aromatic rings. The van der Waals surface area contributed by atoms with Crippen LogP contribution in [0, 0.1) is 0 Å². The first-order valence-electron chi connectivity index (χ1n) is 9.92. The second-order valence-electron chi connectivity index (χ2n) is 7.30. The number of nitrogens with one attached hydrogen (secondary N) is 1. The summed E-state index contributed by atoms with van der Waals surface area (Å²) in [4.78, 5) is 23.3. The molecule has 6 nitrogen and oxygen atoms in total. The van der Waals surface area contributed by atoms with Crippen molar-refractivity contribution in [3.63, 3.8) is 0 Å². The minimum atomic E-state index is -1.04. The number of carbonyl (C=O) groups is 2. The summed E-state index contributed by atoms with van der Waals surface area (Å²) in [5.41, 5.74) is 11.5. The molecule has 0 spiro atoms. The summed E-state index contributed by atoms with van der Waals surface area (Å²) in [6, 6.07) is 20.9. The molecule has 0 aromatic heterocycles. The standard InChI is InChI=1S/C25H22N2O4/c26-18-13-16(12-17(14-18)24(28)29)6-5-11-27-25(30)31-15-23-21-9-3-1-7-19(21)20-8-2-4-10-22(20)23/h1-10,12-14,23H,11,15,26H2,(H,27,30)(H,28,29). The Morgan fingerprint density at radius 1 is 1.00 bits per heavy atom. The van der Waals surface area contributed by atoms with Gasteiger partial charge in [-0.2, -0.15) is 0 Å². The average molecular weight is 414 g/mol. The lowest BCUT2D eigenvalue weighted by molar-refractivity contribution is 0.0696. The Hall–Kier alpha value is -4.06. The fraction of sp³-hybridized carbons (Fsp3) is 0.120. The highest BCUT2D eigenvalue weighted by atomic mass is 16.5. The van der Waals surface area contributed by atoms with E-state index in [2.05, 4.69) is 29.6 Å². The Kier molecular flexibility index (Phi) is 5.71. The van der Waals surface area contributed by atoms with E-state index in [-0.39, 0.29) is 24.6 Å². The number of nitrogens with two attached hydrogens (primary N) is 1. The number of hydrogen-bond acceptors (Lipinski definition) is 4. The number of hydrogen-bond donors (Lipinski definition) is 3. The predicted octanol–water partition coefficient (Wildman–Crippen LogP) is 4.52. The molecule has 3 aromatic carbocycles. The number of carbonyl (C=O) groups excluding carboxylic acids is 1. The van der Waals surface area contributed by atoms with Crippen LogP contribution in [0.3, 0.4) is 0 Å². The van der Waals surface area contributed by atoms with Crippen molar-refractivity contribution in [2.75, 3.05) is 18.9 Å². The van der Waals surface area contributed by atoms with E-state index >= 15 is 0 Å². The molecule has 0 saturated carbocycles. The minimum Gasteiger partial charge on any atom is -0.478 e. The molecule has 6 heteroatoms. The van der Waals surface area contributed by atoms with Gasteiger partial charge < -0.3 is 20.9 Å². The summed E-state index contributed by atoms with van der Waals surface area (Å²) < 4.78 is 5.48. The molecule has 4 N–H and O–H groups in total. The van der Waals surface area contributed by atoms with Crippen molar-refractivity contribution in [3.8, 4) is 11.1 Å². The van der Waals surface area contributed by atoms with E-state index in [1.165, 1.54) is 23.3 Å². The molecule has 0 bridgehead atoms. The molecule has 4 rings (SSSR count).